The summed E-state index contributed by atoms with van der Waals surface area (Å²) in [5.41, 5.74) is -0.724. The maximum absolute atomic E-state index is 12.3. The minimum Gasteiger partial charge on any atom is -0.469 e. The molecule has 26 heavy (non-hydrogen) atoms. The van der Waals surface area contributed by atoms with Crippen LogP contribution in [0.1, 0.15) is 34.1 Å². The normalized spacial score (nSPS) is 25.2. The highest BCUT2D eigenvalue weighted by atomic mass is 16.6. The largest absolute Gasteiger partial charge is 0.469 e. The average molecular weight is 372 g/mol. The number of ether oxygens (including phenoxy) is 3. The van der Waals surface area contributed by atoms with E-state index in [1.807, 2.05) is 0 Å². The van der Waals surface area contributed by atoms with Crippen molar-refractivity contribution in [2.75, 3.05) is 20.8 Å². The zero-order chi connectivity index (χ0) is 20.1. The van der Waals surface area contributed by atoms with Crippen LogP contribution in [-0.4, -0.2) is 56.3 Å². The SMILES string of the molecule is COC(=O)C1C[C@H](CNC(C)=O)[C@H](NC(=O)OC(C)(C)C)C1C(=O)OC. The van der Waals surface area contributed by atoms with Gasteiger partial charge < -0.3 is 24.8 Å². The van der Waals surface area contributed by atoms with Crippen LogP contribution in [0.4, 0.5) is 4.79 Å². The van der Waals surface area contributed by atoms with Gasteiger partial charge in [0.05, 0.1) is 32.1 Å². The van der Waals surface area contributed by atoms with E-state index >= 15 is 0 Å². The number of alkyl carbamates (subject to hydrolysis) is 1. The molecule has 0 bridgehead atoms. The summed E-state index contributed by atoms with van der Waals surface area (Å²) in [5.74, 6) is -3.53. The second-order valence-corrected chi connectivity index (χ2v) is 7.28. The summed E-state index contributed by atoms with van der Waals surface area (Å²) in [5, 5.41) is 5.32. The Bertz CT molecular complexity index is 556. The van der Waals surface area contributed by atoms with Gasteiger partial charge in [-0.1, -0.05) is 0 Å². The molecule has 1 aliphatic carbocycles. The van der Waals surface area contributed by atoms with Crippen LogP contribution in [0.5, 0.6) is 0 Å². The van der Waals surface area contributed by atoms with E-state index in [0.29, 0.717) is 0 Å². The van der Waals surface area contributed by atoms with Crippen molar-refractivity contribution in [3.63, 3.8) is 0 Å². The van der Waals surface area contributed by atoms with E-state index in [9.17, 15) is 19.2 Å². The van der Waals surface area contributed by atoms with Crippen molar-refractivity contribution in [1.82, 2.24) is 10.6 Å². The highest BCUT2D eigenvalue weighted by Gasteiger charge is 2.52. The van der Waals surface area contributed by atoms with Gasteiger partial charge in [0.2, 0.25) is 5.91 Å². The Kier molecular flexibility index (Phi) is 7.41. The van der Waals surface area contributed by atoms with E-state index in [0.717, 1.165) is 0 Å². The predicted molar refractivity (Wildman–Crippen MR) is 91.0 cm³/mol. The smallest absolute Gasteiger partial charge is 0.407 e. The topological polar surface area (TPSA) is 120 Å². The molecule has 9 nitrogen and oxygen atoms in total. The fourth-order valence-corrected chi connectivity index (χ4v) is 3.14. The number of rotatable bonds is 5. The van der Waals surface area contributed by atoms with Crippen LogP contribution in [0.15, 0.2) is 0 Å². The number of methoxy groups -OCH3 is 2. The molecule has 0 spiro atoms. The summed E-state index contributed by atoms with van der Waals surface area (Å²) < 4.78 is 14.9. The number of amides is 2. The maximum atomic E-state index is 12.3. The lowest BCUT2D eigenvalue weighted by Crippen LogP contribution is -2.49. The summed E-state index contributed by atoms with van der Waals surface area (Å²) in [4.78, 5) is 47.9. The van der Waals surface area contributed by atoms with Crippen molar-refractivity contribution in [3.05, 3.63) is 0 Å². The summed E-state index contributed by atoms with van der Waals surface area (Å²) in [6.45, 7) is 6.69. The maximum Gasteiger partial charge on any atom is 0.407 e. The molecule has 2 amide bonds. The van der Waals surface area contributed by atoms with Crippen molar-refractivity contribution in [2.45, 2.75) is 45.8 Å². The van der Waals surface area contributed by atoms with Gasteiger partial charge in [0, 0.05) is 13.5 Å². The lowest BCUT2D eigenvalue weighted by molar-refractivity contribution is -0.156. The molecule has 1 rings (SSSR count). The van der Waals surface area contributed by atoms with Crippen molar-refractivity contribution < 1.29 is 33.4 Å². The minimum absolute atomic E-state index is 0.191. The third-order valence-electron chi connectivity index (χ3n) is 4.16. The van der Waals surface area contributed by atoms with E-state index in [4.69, 9.17) is 14.2 Å². The molecule has 0 aromatic heterocycles. The molecule has 4 atom stereocenters. The Morgan fingerprint density at radius 3 is 2.08 bits per heavy atom. The molecule has 1 saturated carbocycles. The van der Waals surface area contributed by atoms with Crippen LogP contribution in [0.2, 0.25) is 0 Å². The standard InChI is InChI=1S/C17H28N2O7/c1-9(20)18-8-10-7-11(14(21)24-5)12(15(22)25-6)13(10)19-16(23)26-17(2,3)4/h10-13H,7-8H2,1-6H3,(H,18,20)(H,19,23)/t10-,11?,12?,13+/m1/s1. The van der Waals surface area contributed by atoms with E-state index in [-0.39, 0.29) is 24.8 Å². The van der Waals surface area contributed by atoms with Crippen LogP contribution in [0.3, 0.4) is 0 Å². The number of nitrogens with one attached hydrogen (secondary N) is 2. The van der Waals surface area contributed by atoms with Crippen molar-refractivity contribution in [3.8, 4) is 0 Å². The number of hydrogen-bond donors (Lipinski definition) is 2. The first-order chi connectivity index (χ1) is 12.0. The van der Waals surface area contributed by atoms with Gasteiger partial charge >= 0.3 is 18.0 Å². The van der Waals surface area contributed by atoms with Crippen LogP contribution < -0.4 is 10.6 Å². The van der Waals surface area contributed by atoms with E-state index in [1.54, 1.807) is 20.8 Å². The molecule has 0 saturated heterocycles. The van der Waals surface area contributed by atoms with Crippen molar-refractivity contribution >= 4 is 23.9 Å². The van der Waals surface area contributed by atoms with Crippen molar-refractivity contribution in [1.29, 1.82) is 0 Å². The highest BCUT2D eigenvalue weighted by Crippen LogP contribution is 2.38. The van der Waals surface area contributed by atoms with Gasteiger partial charge in [-0.25, -0.2) is 4.79 Å². The van der Waals surface area contributed by atoms with Crippen LogP contribution in [0, 0.1) is 17.8 Å². The molecule has 9 heteroatoms. The summed E-state index contributed by atoms with van der Waals surface area (Å²) in [6, 6.07) is -0.742. The van der Waals surface area contributed by atoms with Gasteiger partial charge in [-0.2, -0.15) is 0 Å². The third-order valence-corrected chi connectivity index (χ3v) is 4.16. The first kappa shape index (κ1) is 21.7. The molecule has 2 unspecified atom stereocenters. The van der Waals surface area contributed by atoms with Gasteiger partial charge in [-0.3, -0.25) is 14.4 Å². The van der Waals surface area contributed by atoms with Crippen LogP contribution >= 0.6 is 0 Å². The molecule has 1 aliphatic rings. The van der Waals surface area contributed by atoms with Gasteiger partial charge in [0.15, 0.2) is 0 Å². The first-order valence-electron chi connectivity index (χ1n) is 8.39. The number of esters is 2. The van der Waals surface area contributed by atoms with Crippen molar-refractivity contribution in [2.24, 2.45) is 17.8 Å². The Hall–Kier alpha value is -2.32. The second-order valence-electron chi connectivity index (χ2n) is 7.28. The quantitative estimate of drug-likeness (QED) is 0.536. The summed E-state index contributed by atoms with van der Waals surface area (Å²) >= 11 is 0. The minimum atomic E-state index is -0.932. The Labute approximate surface area is 153 Å². The zero-order valence-electron chi connectivity index (χ0n) is 16.1. The molecule has 0 aromatic rings. The van der Waals surface area contributed by atoms with E-state index < -0.39 is 41.5 Å². The Morgan fingerprint density at radius 1 is 1.04 bits per heavy atom. The molecule has 0 heterocycles. The van der Waals surface area contributed by atoms with Gasteiger partial charge in [-0.05, 0) is 33.1 Å². The van der Waals surface area contributed by atoms with E-state index in [1.165, 1.54) is 21.1 Å². The number of carbonyl (C=O) groups is 4. The monoisotopic (exact) mass is 372 g/mol. The fourth-order valence-electron chi connectivity index (χ4n) is 3.14. The van der Waals surface area contributed by atoms with Crippen LogP contribution in [0.25, 0.3) is 0 Å². The number of hydrogen-bond acceptors (Lipinski definition) is 7. The van der Waals surface area contributed by atoms with Gasteiger partial charge in [0.1, 0.15) is 5.60 Å². The average Bonchev–Trinajstić information content (AvgIpc) is 2.87. The third kappa shape index (κ3) is 5.89. The lowest BCUT2D eigenvalue weighted by atomic mass is 9.93. The molecule has 2 N–H and O–H groups in total. The Balaban J connectivity index is 3.10. The first-order valence-corrected chi connectivity index (χ1v) is 8.39. The van der Waals surface area contributed by atoms with E-state index in [2.05, 4.69) is 10.6 Å². The fraction of sp³-hybridized carbons (Fsp3) is 0.765. The molecule has 1 fully saturated rings. The van der Waals surface area contributed by atoms with Crippen LogP contribution in [-0.2, 0) is 28.6 Å². The Morgan fingerprint density at radius 2 is 1.62 bits per heavy atom. The van der Waals surface area contributed by atoms with Gasteiger partial charge in [0.25, 0.3) is 0 Å². The molecule has 0 radical (unpaired) electrons. The molecule has 148 valence electrons. The number of carbonyl (C=O) groups excluding carboxylic acids is 4. The lowest BCUT2D eigenvalue weighted by Gasteiger charge is -2.27. The molecule has 0 aliphatic heterocycles. The summed E-state index contributed by atoms with van der Waals surface area (Å²) in [6.07, 6.45) is -0.456. The molecular formula is C17H28N2O7. The zero-order valence-corrected chi connectivity index (χ0v) is 16.1. The second kappa shape index (κ2) is 8.86. The van der Waals surface area contributed by atoms with Gasteiger partial charge in [-0.15, -0.1) is 0 Å². The summed E-state index contributed by atoms with van der Waals surface area (Å²) in [7, 11) is 2.44. The predicted octanol–water partition coefficient (Wildman–Crippen LogP) is 0.614. The highest BCUT2D eigenvalue weighted by molar-refractivity contribution is 5.84. The molecule has 0 aromatic carbocycles. The molecular weight excluding hydrogens is 344 g/mol.